The Balaban J connectivity index is 2.30. The van der Waals surface area contributed by atoms with Gasteiger partial charge in [0.05, 0.1) is 5.52 Å². The highest BCUT2D eigenvalue weighted by Gasteiger charge is 2.15. The maximum absolute atomic E-state index is 5.85. The second kappa shape index (κ2) is 3.83. The van der Waals surface area contributed by atoms with Gasteiger partial charge in [0, 0.05) is 11.8 Å². The minimum absolute atomic E-state index is 0.292. The molecule has 2 heterocycles. The minimum Gasteiger partial charge on any atom is -0.438 e. The topological polar surface area (TPSA) is 54.7 Å². The molecule has 0 saturated heterocycles. The van der Waals surface area contributed by atoms with Gasteiger partial charge < -0.3 is 9.40 Å². The van der Waals surface area contributed by atoms with Gasteiger partial charge in [0.1, 0.15) is 16.9 Å². The first-order valence-electron chi connectivity index (χ1n) is 6.35. The Morgan fingerprint density at radius 1 is 1.00 bits per heavy atom. The summed E-state index contributed by atoms with van der Waals surface area (Å²) in [5.41, 5.74) is 3.61. The largest absolute Gasteiger partial charge is 0.438 e. The molecule has 4 heteroatoms. The van der Waals surface area contributed by atoms with Crippen LogP contribution in [0.25, 0.3) is 22.1 Å². The average molecular weight is 243 g/mol. The molecule has 0 bridgehead atoms. The van der Waals surface area contributed by atoms with Crippen molar-refractivity contribution >= 4 is 22.1 Å². The maximum Gasteiger partial charge on any atom is 0.198 e. The van der Waals surface area contributed by atoms with Gasteiger partial charge in [-0.2, -0.15) is 0 Å². The van der Waals surface area contributed by atoms with E-state index >= 15 is 0 Å². The number of aromatic nitrogens is 3. The van der Waals surface area contributed by atoms with Gasteiger partial charge in [0.2, 0.25) is 0 Å². The predicted octanol–water partition coefficient (Wildman–Crippen LogP) is 3.95. The number of rotatable bonds is 2. The number of oxazole rings is 1. The van der Waals surface area contributed by atoms with Gasteiger partial charge in [-0.1, -0.05) is 27.7 Å². The van der Waals surface area contributed by atoms with E-state index in [-0.39, 0.29) is 0 Å². The Hall–Kier alpha value is -1.84. The van der Waals surface area contributed by atoms with Crippen molar-refractivity contribution in [2.24, 2.45) is 0 Å². The van der Waals surface area contributed by atoms with Crippen LogP contribution in [-0.4, -0.2) is 15.0 Å². The van der Waals surface area contributed by atoms with Crippen molar-refractivity contribution < 1.29 is 4.42 Å². The van der Waals surface area contributed by atoms with Crippen LogP contribution in [0.4, 0.5) is 0 Å². The summed E-state index contributed by atoms with van der Waals surface area (Å²) in [6.07, 6.45) is 0. The molecule has 1 N–H and O–H groups in total. The number of imidazole rings is 1. The maximum atomic E-state index is 5.85. The highest BCUT2D eigenvalue weighted by molar-refractivity contribution is 5.98. The number of hydrogen-bond acceptors (Lipinski definition) is 3. The first-order chi connectivity index (χ1) is 8.56. The SMILES string of the molecule is CC(C)c1nc2ccc3nc(C(C)C)oc3c2[nH]1. The summed E-state index contributed by atoms with van der Waals surface area (Å²) >= 11 is 0. The lowest BCUT2D eigenvalue weighted by Crippen LogP contribution is -1.88. The quantitative estimate of drug-likeness (QED) is 0.741. The van der Waals surface area contributed by atoms with E-state index in [4.69, 9.17) is 4.42 Å². The van der Waals surface area contributed by atoms with E-state index < -0.39 is 0 Å². The molecule has 0 aliphatic rings. The number of benzene rings is 1. The fourth-order valence-electron chi connectivity index (χ4n) is 2.02. The Bertz CT molecular complexity index is 645. The van der Waals surface area contributed by atoms with Crippen molar-refractivity contribution in [3.63, 3.8) is 0 Å². The monoisotopic (exact) mass is 243 g/mol. The van der Waals surface area contributed by atoms with E-state index in [1.165, 1.54) is 0 Å². The molecule has 0 aliphatic heterocycles. The number of fused-ring (bicyclic) bond motifs is 3. The number of nitrogens with zero attached hydrogens (tertiary/aromatic N) is 2. The Morgan fingerprint density at radius 3 is 2.39 bits per heavy atom. The number of aromatic amines is 1. The van der Waals surface area contributed by atoms with Gasteiger partial charge in [0.25, 0.3) is 0 Å². The summed E-state index contributed by atoms with van der Waals surface area (Å²) in [6, 6.07) is 3.96. The lowest BCUT2D eigenvalue weighted by atomic mass is 10.2. The van der Waals surface area contributed by atoms with Crippen LogP contribution < -0.4 is 0 Å². The predicted molar refractivity (Wildman–Crippen MR) is 71.8 cm³/mol. The van der Waals surface area contributed by atoms with E-state index in [9.17, 15) is 0 Å². The Kier molecular flexibility index (Phi) is 2.40. The van der Waals surface area contributed by atoms with E-state index in [1.54, 1.807) is 0 Å². The van der Waals surface area contributed by atoms with Crippen LogP contribution in [-0.2, 0) is 0 Å². The van der Waals surface area contributed by atoms with Crippen LogP contribution in [0.2, 0.25) is 0 Å². The summed E-state index contributed by atoms with van der Waals surface area (Å²) in [5, 5.41) is 0. The zero-order valence-electron chi connectivity index (χ0n) is 11.1. The van der Waals surface area contributed by atoms with E-state index in [2.05, 4.69) is 42.6 Å². The van der Waals surface area contributed by atoms with Gasteiger partial charge >= 0.3 is 0 Å². The van der Waals surface area contributed by atoms with Crippen molar-refractivity contribution in [3.05, 3.63) is 23.8 Å². The molecule has 3 rings (SSSR count). The summed E-state index contributed by atoms with van der Waals surface area (Å²) in [4.78, 5) is 12.4. The third-order valence-corrected chi connectivity index (χ3v) is 3.09. The highest BCUT2D eigenvalue weighted by Crippen LogP contribution is 2.28. The molecule has 1 aromatic carbocycles. The van der Waals surface area contributed by atoms with E-state index in [0.29, 0.717) is 11.8 Å². The molecular formula is C14H17N3O. The van der Waals surface area contributed by atoms with Crippen molar-refractivity contribution in [2.45, 2.75) is 39.5 Å². The van der Waals surface area contributed by atoms with Crippen LogP contribution in [0.3, 0.4) is 0 Å². The van der Waals surface area contributed by atoms with Gasteiger partial charge in [-0.25, -0.2) is 9.97 Å². The normalized spacial score (nSPS) is 12.3. The lowest BCUT2D eigenvalue weighted by Gasteiger charge is -1.96. The summed E-state index contributed by atoms with van der Waals surface area (Å²) < 4.78 is 5.85. The van der Waals surface area contributed by atoms with Crippen molar-refractivity contribution in [1.82, 2.24) is 15.0 Å². The van der Waals surface area contributed by atoms with Crippen LogP contribution >= 0.6 is 0 Å². The molecule has 2 aromatic heterocycles. The second-order valence-electron chi connectivity index (χ2n) is 5.29. The van der Waals surface area contributed by atoms with E-state index in [0.717, 1.165) is 33.8 Å². The van der Waals surface area contributed by atoms with Crippen molar-refractivity contribution in [3.8, 4) is 0 Å². The van der Waals surface area contributed by atoms with Crippen molar-refractivity contribution in [2.75, 3.05) is 0 Å². The molecule has 18 heavy (non-hydrogen) atoms. The molecule has 0 aliphatic carbocycles. The second-order valence-corrected chi connectivity index (χ2v) is 5.29. The third-order valence-electron chi connectivity index (χ3n) is 3.09. The zero-order chi connectivity index (χ0) is 12.9. The molecule has 0 spiro atoms. The molecule has 0 unspecified atom stereocenters. The van der Waals surface area contributed by atoms with Gasteiger partial charge in [0.15, 0.2) is 11.5 Å². The van der Waals surface area contributed by atoms with Gasteiger partial charge in [-0.3, -0.25) is 0 Å². The van der Waals surface area contributed by atoms with Crippen LogP contribution in [0.15, 0.2) is 16.5 Å². The smallest absolute Gasteiger partial charge is 0.198 e. The molecule has 0 radical (unpaired) electrons. The first kappa shape index (κ1) is 11.3. The van der Waals surface area contributed by atoms with Crippen LogP contribution in [0.5, 0.6) is 0 Å². The zero-order valence-corrected chi connectivity index (χ0v) is 11.1. The summed E-state index contributed by atoms with van der Waals surface area (Å²) in [5.74, 6) is 2.43. The average Bonchev–Trinajstić information content (AvgIpc) is 2.91. The fraction of sp³-hybridized carbons (Fsp3) is 0.429. The van der Waals surface area contributed by atoms with Crippen molar-refractivity contribution in [1.29, 1.82) is 0 Å². The minimum atomic E-state index is 0.292. The first-order valence-corrected chi connectivity index (χ1v) is 6.35. The van der Waals surface area contributed by atoms with Crippen LogP contribution in [0, 0.1) is 0 Å². The highest BCUT2D eigenvalue weighted by atomic mass is 16.3. The number of H-pyrrole nitrogens is 1. The van der Waals surface area contributed by atoms with Gasteiger partial charge in [-0.15, -0.1) is 0 Å². The Labute approximate surface area is 105 Å². The summed E-state index contributed by atoms with van der Waals surface area (Å²) in [6.45, 7) is 8.40. The number of nitrogens with one attached hydrogen (secondary N) is 1. The molecule has 4 nitrogen and oxygen atoms in total. The number of hydrogen-bond donors (Lipinski definition) is 1. The molecule has 0 fully saturated rings. The third kappa shape index (κ3) is 1.60. The lowest BCUT2D eigenvalue weighted by molar-refractivity contribution is 0.503. The standard InChI is InChI=1S/C14H17N3O/c1-7(2)13-15-9-5-6-10-12(11(9)17-13)18-14(16-10)8(3)4/h5-8H,1-4H3,(H,15,17). The van der Waals surface area contributed by atoms with E-state index in [1.807, 2.05) is 12.1 Å². The Morgan fingerprint density at radius 2 is 1.72 bits per heavy atom. The molecular weight excluding hydrogens is 226 g/mol. The molecule has 94 valence electrons. The molecule has 0 amide bonds. The molecule has 3 aromatic rings. The summed E-state index contributed by atoms with van der Waals surface area (Å²) in [7, 11) is 0. The van der Waals surface area contributed by atoms with Gasteiger partial charge in [-0.05, 0) is 12.1 Å². The fourth-order valence-corrected chi connectivity index (χ4v) is 2.02. The molecule has 0 atom stereocenters. The molecule has 0 saturated carbocycles. The van der Waals surface area contributed by atoms with Crippen LogP contribution in [0.1, 0.15) is 51.2 Å².